The number of nitrogens with two attached hydrogens (primary N) is 2. The summed E-state index contributed by atoms with van der Waals surface area (Å²) >= 11 is 0. The van der Waals surface area contributed by atoms with Gasteiger partial charge < -0.3 is 21.7 Å². The van der Waals surface area contributed by atoms with Gasteiger partial charge in [0, 0.05) is 30.4 Å². The maximum atomic E-state index is 12.3. The molecule has 0 aliphatic carbocycles. The number of piperidine rings is 1. The molecule has 0 radical (unpaired) electrons. The molecule has 3 amide bonds. The lowest BCUT2D eigenvalue weighted by atomic mass is 10.1. The fraction of sp³-hybridized carbons (Fsp3) is 0.385. The Balaban J connectivity index is 0.00000200. The Kier molecular flexibility index (Phi) is 5.79. The van der Waals surface area contributed by atoms with Crippen LogP contribution in [0.4, 0.5) is 10.5 Å². The molecule has 1 heterocycles. The smallest absolute Gasteiger partial charge is 0.316 e. The summed E-state index contributed by atoms with van der Waals surface area (Å²) in [7, 11) is 0. The number of amides is 3. The number of carbonyl (C=O) groups excluding carboxylic acids is 2. The summed E-state index contributed by atoms with van der Waals surface area (Å²) in [4.78, 5) is 24.9. The van der Waals surface area contributed by atoms with Gasteiger partial charge in [-0.1, -0.05) is 6.07 Å². The Hall–Kier alpha value is -1.79. The molecular formula is C13H19ClN4O2. The van der Waals surface area contributed by atoms with Gasteiger partial charge in [-0.15, -0.1) is 12.4 Å². The highest BCUT2D eigenvalue weighted by Gasteiger charge is 2.22. The van der Waals surface area contributed by atoms with Crippen LogP contribution in [0, 0.1) is 0 Å². The van der Waals surface area contributed by atoms with Crippen LogP contribution in [0.3, 0.4) is 0 Å². The van der Waals surface area contributed by atoms with Crippen LogP contribution in [-0.4, -0.2) is 36.0 Å². The van der Waals surface area contributed by atoms with Crippen molar-refractivity contribution < 1.29 is 9.59 Å². The molecule has 1 aromatic carbocycles. The molecule has 6 nitrogen and oxygen atoms in total. The standard InChI is InChI=1S/C13H18N4O2.ClH/c14-10-4-2-6-17(8-10)12(18)9-3-1-5-11(7-9)16-13(15)19;/h1,3,5,7,10H,2,4,6,8,14H2,(H3,15,16,19);1H. The Morgan fingerprint density at radius 1 is 1.35 bits per heavy atom. The van der Waals surface area contributed by atoms with E-state index in [9.17, 15) is 9.59 Å². The van der Waals surface area contributed by atoms with Crippen LogP contribution in [0.25, 0.3) is 0 Å². The second-order valence-electron chi connectivity index (χ2n) is 4.72. The SMILES string of the molecule is Cl.NC(=O)Nc1cccc(C(=O)N2CCCC(N)C2)c1. The van der Waals surface area contributed by atoms with Crippen molar-refractivity contribution in [1.82, 2.24) is 4.90 Å². The van der Waals surface area contributed by atoms with Crippen molar-refractivity contribution in [2.75, 3.05) is 18.4 Å². The van der Waals surface area contributed by atoms with Crippen molar-refractivity contribution in [1.29, 1.82) is 0 Å². The Labute approximate surface area is 123 Å². The van der Waals surface area contributed by atoms with E-state index in [2.05, 4.69) is 5.32 Å². The number of nitrogens with one attached hydrogen (secondary N) is 1. The fourth-order valence-corrected chi connectivity index (χ4v) is 2.25. The van der Waals surface area contributed by atoms with E-state index in [0.717, 1.165) is 19.4 Å². The third kappa shape index (κ3) is 4.11. The third-order valence-electron chi connectivity index (χ3n) is 3.12. The van der Waals surface area contributed by atoms with E-state index in [1.165, 1.54) is 0 Å². The molecule has 2 rings (SSSR count). The van der Waals surface area contributed by atoms with E-state index < -0.39 is 6.03 Å². The van der Waals surface area contributed by atoms with Gasteiger partial charge in [-0.25, -0.2) is 4.79 Å². The highest BCUT2D eigenvalue weighted by molar-refractivity contribution is 5.96. The Bertz CT molecular complexity index is 495. The lowest BCUT2D eigenvalue weighted by Gasteiger charge is -2.30. The number of hydrogen-bond acceptors (Lipinski definition) is 3. The van der Waals surface area contributed by atoms with Gasteiger partial charge in [-0.05, 0) is 31.0 Å². The van der Waals surface area contributed by atoms with E-state index in [1.807, 2.05) is 0 Å². The highest BCUT2D eigenvalue weighted by Crippen LogP contribution is 2.16. The summed E-state index contributed by atoms with van der Waals surface area (Å²) in [5.41, 5.74) is 12.0. The van der Waals surface area contributed by atoms with Crippen molar-refractivity contribution in [3.63, 3.8) is 0 Å². The van der Waals surface area contributed by atoms with Crippen molar-refractivity contribution in [3.8, 4) is 0 Å². The summed E-state index contributed by atoms with van der Waals surface area (Å²) in [6.07, 6.45) is 1.87. The first-order valence-corrected chi connectivity index (χ1v) is 6.27. The molecule has 0 bridgehead atoms. The predicted octanol–water partition coefficient (Wildman–Crippen LogP) is 1.16. The fourth-order valence-electron chi connectivity index (χ4n) is 2.25. The van der Waals surface area contributed by atoms with Gasteiger partial charge in [0.15, 0.2) is 0 Å². The van der Waals surface area contributed by atoms with E-state index in [-0.39, 0.29) is 24.4 Å². The summed E-state index contributed by atoms with van der Waals surface area (Å²) in [6.45, 7) is 1.30. The molecule has 1 saturated heterocycles. The van der Waals surface area contributed by atoms with Gasteiger partial charge in [-0.3, -0.25) is 4.79 Å². The molecule has 5 N–H and O–H groups in total. The third-order valence-corrected chi connectivity index (χ3v) is 3.12. The molecule has 1 unspecified atom stereocenters. The molecule has 1 atom stereocenters. The molecule has 1 aromatic rings. The van der Waals surface area contributed by atoms with Crippen LogP contribution in [0.5, 0.6) is 0 Å². The van der Waals surface area contributed by atoms with Gasteiger partial charge in [-0.2, -0.15) is 0 Å². The minimum atomic E-state index is -0.649. The second kappa shape index (κ2) is 7.12. The molecule has 20 heavy (non-hydrogen) atoms. The molecule has 0 spiro atoms. The summed E-state index contributed by atoms with van der Waals surface area (Å²) in [5.74, 6) is -0.0664. The van der Waals surface area contributed by atoms with Gasteiger partial charge >= 0.3 is 6.03 Å². The van der Waals surface area contributed by atoms with E-state index in [1.54, 1.807) is 29.2 Å². The number of urea groups is 1. The first-order chi connectivity index (χ1) is 9.06. The van der Waals surface area contributed by atoms with Crippen LogP contribution in [-0.2, 0) is 0 Å². The van der Waals surface area contributed by atoms with Crippen LogP contribution < -0.4 is 16.8 Å². The Morgan fingerprint density at radius 2 is 2.10 bits per heavy atom. The van der Waals surface area contributed by atoms with Crippen molar-refractivity contribution in [2.24, 2.45) is 11.5 Å². The summed E-state index contributed by atoms with van der Waals surface area (Å²) in [6, 6.07) is 6.13. The molecule has 0 aromatic heterocycles. The van der Waals surface area contributed by atoms with Crippen LogP contribution in [0.2, 0.25) is 0 Å². The van der Waals surface area contributed by atoms with Crippen molar-refractivity contribution in [3.05, 3.63) is 29.8 Å². The molecular weight excluding hydrogens is 280 g/mol. The van der Waals surface area contributed by atoms with Gasteiger partial charge in [0.05, 0.1) is 0 Å². The lowest BCUT2D eigenvalue weighted by molar-refractivity contribution is 0.0709. The predicted molar refractivity (Wildman–Crippen MR) is 80.0 cm³/mol. The number of nitrogens with zero attached hydrogens (tertiary/aromatic N) is 1. The maximum Gasteiger partial charge on any atom is 0.316 e. The zero-order chi connectivity index (χ0) is 13.8. The minimum absolute atomic E-state index is 0. The topological polar surface area (TPSA) is 101 Å². The van der Waals surface area contributed by atoms with Gasteiger partial charge in [0.25, 0.3) is 5.91 Å². The van der Waals surface area contributed by atoms with Crippen LogP contribution in [0.15, 0.2) is 24.3 Å². The molecule has 1 aliphatic rings. The molecule has 0 saturated carbocycles. The van der Waals surface area contributed by atoms with Crippen LogP contribution in [0.1, 0.15) is 23.2 Å². The number of benzene rings is 1. The number of primary amides is 1. The minimum Gasteiger partial charge on any atom is -0.351 e. The quantitative estimate of drug-likeness (QED) is 0.763. The van der Waals surface area contributed by atoms with Gasteiger partial charge in [0.1, 0.15) is 0 Å². The van der Waals surface area contributed by atoms with E-state index in [4.69, 9.17) is 11.5 Å². The maximum absolute atomic E-state index is 12.3. The number of likely N-dealkylation sites (tertiary alicyclic amines) is 1. The summed E-state index contributed by atoms with van der Waals surface area (Å²) < 4.78 is 0. The van der Waals surface area contributed by atoms with Crippen LogP contribution >= 0.6 is 12.4 Å². The number of carbonyl (C=O) groups is 2. The van der Waals surface area contributed by atoms with Crippen molar-refractivity contribution in [2.45, 2.75) is 18.9 Å². The molecule has 110 valence electrons. The number of anilines is 1. The molecule has 7 heteroatoms. The first kappa shape index (κ1) is 16.3. The zero-order valence-corrected chi connectivity index (χ0v) is 11.9. The zero-order valence-electron chi connectivity index (χ0n) is 11.0. The normalized spacial score (nSPS) is 18.1. The summed E-state index contributed by atoms with van der Waals surface area (Å²) in [5, 5.41) is 2.46. The average Bonchev–Trinajstić information content (AvgIpc) is 2.37. The highest BCUT2D eigenvalue weighted by atomic mass is 35.5. The van der Waals surface area contributed by atoms with E-state index >= 15 is 0 Å². The molecule has 1 aliphatic heterocycles. The largest absolute Gasteiger partial charge is 0.351 e. The monoisotopic (exact) mass is 298 g/mol. The Morgan fingerprint density at radius 3 is 2.75 bits per heavy atom. The second-order valence-corrected chi connectivity index (χ2v) is 4.72. The average molecular weight is 299 g/mol. The number of halogens is 1. The molecule has 1 fully saturated rings. The number of rotatable bonds is 2. The number of hydrogen-bond donors (Lipinski definition) is 3. The van der Waals surface area contributed by atoms with Gasteiger partial charge in [0.2, 0.25) is 0 Å². The van der Waals surface area contributed by atoms with E-state index in [0.29, 0.717) is 17.8 Å². The lowest BCUT2D eigenvalue weighted by Crippen LogP contribution is -2.45. The first-order valence-electron chi connectivity index (χ1n) is 6.27. The van der Waals surface area contributed by atoms with Crippen molar-refractivity contribution >= 4 is 30.0 Å².